The van der Waals surface area contributed by atoms with Crippen LogP contribution in [0.4, 0.5) is 0 Å². The molecular formula is C19H31N3O5S2. The predicted octanol–water partition coefficient (Wildman–Crippen LogP) is 1.21. The van der Waals surface area contributed by atoms with Gasteiger partial charge in [-0.15, -0.1) is 0 Å². The van der Waals surface area contributed by atoms with Gasteiger partial charge in [0.15, 0.2) is 0 Å². The van der Waals surface area contributed by atoms with E-state index in [1.165, 1.54) is 10.6 Å². The van der Waals surface area contributed by atoms with Crippen LogP contribution in [-0.2, 0) is 20.0 Å². The Morgan fingerprint density at radius 2 is 1.55 bits per heavy atom. The molecule has 2 heterocycles. The van der Waals surface area contributed by atoms with Crippen molar-refractivity contribution < 1.29 is 21.6 Å². The molecule has 3 rings (SSSR count). The third-order valence-electron chi connectivity index (χ3n) is 6.11. The Labute approximate surface area is 174 Å². The Hall–Kier alpha value is -1.20. The van der Waals surface area contributed by atoms with Gasteiger partial charge in [-0.2, -0.15) is 4.31 Å². The second kappa shape index (κ2) is 8.50. The Kier molecular flexibility index (Phi) is 6.59. The van der Waals surface area contributed by atoms with Crippen LogP contribution >= 0.6 is 0 Å². The van der Waals surface area contributed by atoms with Crippen LogP contribution in [-0.4, -0.2) is 88.0 Å². The molecule has 29 heavy (non-hydrogen) atoms. The molecule has 0 N–H and O–H groups in total. The lowest BCUT2D eigenvalue weighted by Crippen LogP contribution is -2.58. The molecule has 1 aromatic rings. The highest BCUT2D eigenvalue weighted by molar-refractivity contribution is 7.89. The lowest BCUT2D eigenvalue weighted by molar-refractivity contribution is 0.0600. The summed E-state index contributed by atoms with van der Waals surface area (Å²) in [6.07, 6.45) is 2.87. The van der Waals surface area contributed by atoms with E-state index in [1.807, 2.05) is 6.92 Å². The molecular weight excluding hydrogens is 414 g/mol. The Morgan fingerprint density at radius 1 is 0.931 bits per heavy atom. The summed E-state index contributed by atoms with van der Waals surface area (Å²) >= 11 is 0. The summed E-state index contributed by atoms with van der Waals surface area (Å²) in [7, 11) is -6.77. The van der Waals surface area contributed by atoms with E-state index in [-0.39, 0.29) is 10.4 Å². The number of piperazine rings is 1. The molecule has 8 nitrogen and oxygen atoms in total. The molecule has 0 saturated carbocycles. The molecule has 0 unspecified atom stereocenters. The van der Waals surface area contributed by atoms with E-state index < -0.39 is 20.0 Å². The number of hydrogen-bond donors (Lipinski definition) is 0. The number of nitrogens with zero attached hydrogens (tertiary/aromatic N) is 3. The van der Waals surface area contributed by atoms with Crippen LogP contribution in [0.1, 0.15) is 26.7 Å². The monoisotopic (exact) mass is 445 g/mol. The van der Waals surface area contributed by atoms with Gasteiger partial charge in [0.05, 0.1) is 17.8 Å². The maximum atomic E-state index is 13.0. The Bertz CT molecular complexity index is 910. The van der Waals surface area contributed by atoms with Gasteiger partial charge in [0, 0.05) is 44.8 Å². The van der Waals surface area contributed by atoms with Crippen molar-refractivity contribution >= 4 is 20.0 Å². The van der Waals surface area contributed by atoms with Crippen LogP contribution in [0.3, 0.4) is 0 Å². The van der Waals surface area contributed by atoms with E-state index in [0.717, 1.165) is 12.8 Å². The third kappa shape index (κ3) is 4.61. The molecule has 0 spiro atoms. The molecule has 0 bridgehead atoms. The first-order chi connectivity index (χ1) is 13.6. The van der Waals surface area contributed by atoms with Gasteiger partial charge in [0.25, 0.3) is 0 Å². The normalized spacial score (nSPS) is 25.3. The van der Waals surface area contributed by atoms with E-state index in [2.05, 4.69) is 11.8 Å². The Balaban J connectivity index is 1.68. The summed E-state index contributed by atoms with van der Waals surface area (Å²) in [5.41, 5.74) is -0.210. The largest absolute Gasteiger partial charge is 0.494 e. The minimum absolute atomic E-state index is 0.210. The topological polar surface area (TPSA) is 87.2 Å². The summed E-state index contributed by atoms with van der Waals surface area (Å²) in [6.45, 7) is 7.49. The predicted molar refractivity (Wildman–Crippen MR) is 112 cm³/mol. The third-order valence-corrected chi connectivity index (χ3v) is 9.27. The van der Waals surface area contributed by atoms with Gasteiger partial charge in [-0.1, -0.05) is 6.92 Å². The molecule has 0 amide bonds. The van der Waals surface area contributed by atoms with E-state index in [4.69, 9.17) is 4.74 Å². The average Bonchev–Trinajstić information content (AvgIpc) is 3.15. The van der Waals surface area contributed by atoms with Gasteiger partial charge in [-0.25, -0.2) is 21.1 Å². The standard InChI is InChI=1S/C19H31N3O5S2/c1-4-19(10-11-22(16-19)28(3,23)24)20-12-14-21(15-13-20)29(25,26)18-8-6-17(7-9-18)27-5-2/h6-9H,4-5,10-16H2,1-3H3/t19-/m0/s1. The van der Waals surface area contributed by atoms with Gasteiger partial charge in [-0.3, -0.25) is 4.90 Å². The molecule has 0 aliphatic carbocycles. The zero-order chi connectivity index (χ0) is 21.3. The molecule has 10 heteroatoms. The summed E-state index contributed by atoms with van der Waals surface area (Å²) in [5, 5.41) is 0. The lowest BCUT2D eigenvalue weighted by atomic mass is 9.92. The molecule has 0 radical (unpaired) electrons. The average molecular weight is 446 g/mol. The Morgan fingerprint density at radius 3 is 2.03 bits per heavy atom. The van der Waals surface area contributed by atoms with E-state index in [0.29, 0.717) is 51.6 Å². The van der Waals surface area contributed by atoms with Gasteiger partial charge >= 0.3 is 0 Å². The fraction of sp³-hybridized carbons (Fsp3) is 0.684. The highest BCUT2D eigenvalue weighted by Crippen LogP contribution is 2.34. The van der Waals surface area contributed by atoms with Crippen molar-refractivity contribution in [3.8, 4) is 5.75 Å². The number of ether oxygens (including phenoxy) is 1. The van der Waals surface area contributed by atoms with E-state index in [9.17, 15) is 16.8 Å². The zero-order valence-electron chi connectivity index (χ0n) is 17.4. The number of rotatable bonds is 7. The molecule has 1 atom stereocenters. The quantitative estimate of drug-likeness (QED) is 0.627. The second-order valence-corrected chi connectivity index (χ2v) is 11.6. The van der Waals surface area contributed by atoms with Gasteiger partial charge in [0.1, 0.15) is 5.75 Å². The van der Waals surface area contributed by atoms with Crippen LogP contribution in [0.25, 0.3) is 0 Å². The molecule has 1 aromatic carbocycles. The summed E-state index contributed by atoms with van der Waals surface area (Å²) in [5.74, 6) is 0.651. The van der Waals surface area contributed by atoms with Crippen LogP contribution in [0.15, 0.2) is 29.2 Å². The van der Waals surface area contributed by atoms with Crippen LogP contribution in [0.2, 0.25) is 0 Å². The molecule has 2 aliphatic rings. The van der Waals surface area contributed by atoms with Gasteiger partial charge < -0.3 is 4.74 Å². The lowest BCUT2D eigenvalue weighted by Gasteiger charge is -2.45. The maximum absolute atomic E-state index is 13.0. The first kappa shape index (κ1) is 22.5. The van der Waals surface area contributed by atoms with Crippen molar-refractivity contribution in [3.05, 3.63) is 24.3 Å². The van der Waals surface area contributed by atoms with Crippen LogP contribution in [0.5, 0.6) is 5.75 Å². The summed E-state index contributed by atoms with van der Waals surface area (Å²) < 4.78 is 58.3. The first-order valence-electron chi connectivity index (χ1n) is 10.1. The minimum Gasteiger partial charge on any atom is -0.494 e. The smallest absolute Gasteiger partial charge is 0.243 e. The van der Waals surface area contributed by atoms with Crippen molar-refractivity contribution in [3.63, 3.8) is 0 Å². The van der Waals surface area contributed by atoms with Crippen molar-refractivity contribution in [2.75, 3.05) is 52.1 Å². The van der Waals surface area contributed by atoms with Crippen molar-refractivity contribution in [1.82, 2.24) is 13.5 Å². The second-order valence-electron chi connectivity index (χ2n) is 7.72. The van der Waals surface area contributed by atoms with Crippen LogP contribution < -0.4 is 4.74 Å². The van der Waals surface area contributed by atoms with E-state index in [1.54, 1.807) is 28.6 Å². The molecule has 0 aromatic heterocycles. The molecule has 2 fully saturated rings. The highest BCUT2D eigenvalue weighted by Gasteiger charge is 2.45. The van der Waals surface area contributed by atoms with Crippen molar-refractivity contribution in [2.24, 2.45) is 0 Å². The molecule has 164 valence electrons. The van der Waals surface area contributed by atoms with Gasteiger partial charge in [-0.05, 0) is 44.0 Å². The fourth-order valence-electron chi connectivity index (χ4n) is 4.30. The molecule has 2 aliphatic heterocycles. The summed E-state index contributed by atoms with van der Waals surface area (Å²) in [4.78, 5) is 2.55. The number of hydrogen-bond acceptors (Lipinski definition) is 6. The van der Waals surface area contributed by atoms with E-state index >= 15 is 0 Å². The zero-order valence-corrected chi connectivity index (χ0v) is 19.0. The maximum Gasteiger partial charge on any atom is 0.243 e. The van der Waals surface area contributed by atoms with Crippen LogP contribution in [0, 0.1) is 0 Å². The van der Waals surface area contributed by atoms with Crippen molar-refractivity contribution in [1.29, 1.82) is 0 Å². The molecule has 2 saturated heterocycles. The summed E-state index contributed by atoms with van der Waals surface area (Å²) in [6, 6.07) is 6.52. The van der Waals surface area contributed by atoms with Crippen molar-refractivity contribution in [2.45, 2.75) is 37.1 Å². The fourth-order valence-corrected chi connectivity index (χ4v) is 6.62. The SMILES string of the molecule is CCOc1ccc(S(=O)(=O)N2CCN([C@@]3(CC)CCN(S(C)(=O)=O)C3)CC2)cc1. The van der Waals surface area contributed by atoms with Gasteiger partial charge in [0.2, 0.25) is 20.0 Å². The minimum atomic E-state index is -3.56. The first-order valence-corrected chi connectivity index (χ1v) is 13.3. The highest BCUT2D eigenvalue weighted by atomic mass is 32.2. The number of sulfonamides is 2. The number of benzene rings is 1.